The predicted octanol–water partition coefficient (Wildman–Crippen LogP) is 1.54. The van der Waals surface area contributed by atoms with Gasteiger partial charge in [-0.3, -0.25) is 4.21 Å². The first-order valence-corrected chi connectivity index (χ1v) is 4.76. The van der Waals surface area contributed by atoms with Crippen molar-refractivity contribution in [1.29, 1.82) is 0 Å². The molecule has 0 fully saturated rings. The van der Waals surface area contributed by atoms with E-state index in [-0.39, 0.29) is 0 Å². The molecule has 3 nitrogen and oxygen atoms in total. The number of rotatable bonds is 3. The molecule has 1 aromatic rings. The van der Waals surface area contributed by atoms with Gasteiger partial charge in [0.25, 0.3) is 0 Å². The lowest BCUT2D eigenvalue weighted by Gasteiger charge is -2.00. The normalized spacial score (nSPS) is 13.1. The molecule has 0 aliphatic heterocycles. The highest BCUT2D eigenvalue weighted by molar-refractivity contribution is 7.82. The molecule has 1 aromatic carbocycles. The zero-order chi connectivity index (χ0) is 9.68. The lowest BCUT2D eigenvalue weighted by molar-refractivity contribution is 0.414. The topological polar surface area (TPSA) is 49.4 Å². The Balaban J connectivity index is 2.83. The van der Waals surface area contributed by atoms with Crippen LogP contribution in [0.25, 0.3) is 6.08 Å². The monoisotopic (exact) mass is 197 g/mol. The van der Waals surface area contributed by atoms with Crippen molar-refractivity contribution in [2.24, 2.45) is 0 Å². The molecule has 0 N–H and O–H groups in total. The van der Waals surface area contributed by atoms with Crippen LogP contribution in [0.3, 0.4) is 0 Å². The Morgan fingerprint density at radius 2 is 2.31 bits per heavy atom. The summed E-state index contributed by atoms with van der Waals surface area (Å²) >= 11 is -2.15. The smallest absolute Gasteiger partial charge is 0.119 e. The van der Waals surface area contributed by atoms with E-state index in [1.54, 1.807) is 31.4 Å². The standard InChI is InChI=1S/C9H10O3S/c1-12-9-4-2-3-8(7-9)5-6-13(10)11/h2-7H,1H3,(H,10,11)/p-1/b6-5+. The summed E-state index contributed by atoms with van der Waals surface area (Å²) in [5, 5.41) is 1.09. The summed E-state index contributed by atoms with van der Waals surface area (Å²) in [6, 6.07) is 7.15. The number of methoxy groups -OCH3 is 1. The van der Waals surface area contributed by atoms with E-state index in [1.165, 1.54) is 6.08 Å². The van der Waals surface area contributed by atoms with E-state index in [1.807, 2.05) is 0 Å². The van der Waals surface area contributed by atoms with Gasteiger partial charge in [0.1, 0.15) is 5.75 Å². The third kappa shape index (κ3) is 3.40. The Hall–Kier alpha value is -1.13. The first-order chi connectivity index (χ1) is 6.22. The second-order valence-electron chi connectivity index (χ2n) is 2.34. The van der Waals surface area contributed by atoms with Crippen molar-refractivity contribution in [2.75, 3.05) is 7.11 Å². The van der Waals surface area contributed by atoms with Crippen molar-refractivity contribution in [3.63, 3.8) is 0 Å². The van der Waals surface area contributed by atoms with Gasteiger partial charge < -0.3 is 9.29 Å². The molecule has 0 bridgehead atoms. The zero-order valence-corrected chi connectivity index (χ0v) is 7.91. The molecule has 0 aliphatic carbocycles. The molecule has 1 unspecified atom stereocenters. The lowest BCUT2D eigenvalue weighted by atomic mass is 10.2. The molecule has 13 heavy (non-hydrogen) atoms. The maximum absolute atomic E-state index is 10.2. The Bertz CT molecular complexity index is 333. The zero-order valence-electron chi connectivity index (χ0n) is 7.10. The molecule has 0 radical (unpaired) electrons. The minimum absolute atomic E-state index is 0.707. The Morgan fingerprint density at radius 1 is 1.54 bits per heavy atom. The molecule has 0 aromatic heterocycles. The van der Waals surface area contributed by atoms with Gasteiger partial charge in [-0.1, -0.05) is 12.1 Å². The predicted molar refractivity (Wildman–Crippen MR) is 50.9 cm³/mol. The van der Waals surface area contributed by atoms with Gasteiger partial charge in [0.15, 0.2) is 0 Å². The average molecular weight is 197 g/mol. The fourth-order valence-electron chi connectivity index (χ4n) is 0.879. The van der Waals surface area contributed by atoms with Crippen molar-refractivity contribution >= 4 is 17.2 Å². The van der Waals surface area contributed by atoms with Crippen LogP contribution < -0.4 is 4.74 Å². The molecule has 4 heteroatoms. The first kappa shape index (κ1) is 9.95. The maximum Gasteiger partial charge on any atom is 0.119 e. The molecule has 0 spiro atoms. The third-order valence-corrected chi connectivity index (χ3v) is 1.82. The van der Waals surface area contributed by atoms with Gasteiger partial charge in [0.2, 0.25) is 0 Å². The molecule has 0 aliphatic rings. The van der Waals surface area contributed by atoms with Crippen LogP contribution in [-0.4, -0.2) is 15.9 Å². The Kier molecular flexibility index (Phi) is 3.67. The van der Waals surface area contributed by atoms with E-state index in [4.69, 9.17) is 4.74 Å². The van der Waals surface area contributed by atoms with Crippen LogP contribution in [0, 0.1) is 0 Å². The highest BCUT2D eigenvalue weighted by Gasteiger charge is 1.90. The third-order valence-electron chi connectivity index (χ3n) is 1.47. The minimum atomic E-state index is -2.15. The second-order valence-corrected chi connectivity index (χ2v) is 3.13. The van der Waals surface area contributed by atoms with Gasteiger partial charge in [-0.05, 0) is 40.3 Å². The van der Waals surface area contributed by atoms with E-state index >= 15 is 0 Å². The van der Waals surface area contributed by atoms with Crippen LogP contribution in [-0.2, 0) is 11.1 Å². The fourth-order valence-corrected chi connectivity index (χ4v) is 1.15. The number of benzene rings is 1. The lowest BCUT2D eigenvalue weighted by Crippen LogP contribution is -1.83. The van der Waals surface area contributed by atoms with Crippen LogP contribution in [0.4, 0.5) is 0 Å². The van der Waals surface area contributed by atoms with Gasteiger partial charge in [-0.15, -0.1) is 0 Å². The Morgan fingerprint density at radius 3 is 2.92 bits per heavy atom. The molecule has 1 rings (SSSR count). The van der Waals surface area contributed by atoms with Gasteiger partial charge in [0, 0.05) is 0 Å². The molecule has 70 valence electrons. The summed E-state index contributed by atoms with van der Waals surface area (Å²) < 4.78 is 25.4. The van der Waals surface area contributed by atoms with E-state index in [0.717, 1.165) is 11.0 Å². The van der Waals surface area contributed by atoms with Crippen LogP contribution >= 0.6 is 0 Å². The number of hydrogen-bond acceptors (Lipinski definition) is 3. The first-order valence-electron chi connectivity index (χ1n) is 3.62. The van der Waals surface area contributed by atoms with Gasteiger partial charge in [-0.25, -0.2) is 0 Å². The maximum atomic E-state index is 10.2. The summed E-state index contributed by atoms with van der Waals surface area (Å²) in [5.41, 5.74) is 0.795. The summed E-state index contributed by atoms with van der Waals surface area (Å²) in [6.07, 6.45) is 1.51. The summed E-state index contributed by atoms with van der Waals surface area (Å²) in [6.45, 7) is 0. The van der Waals surface area contributed by atoms with Crippen LogP contribution in [0.5, 0.6) is 5.75 Å². The molecule has 0 saturated carbocycles. The SMILES string of the molecule is COc1cccc(/C=C/S(=O)[O-])c1. The van der Waals surface area contributed by atoms with Gasteiger partial charge in [-0.2, -0.15) is 0 Å². The van der Waals surface area contributed by atoms with Crippen molar-refractivity contribution < 1.29 is 13.5 Å². The second kappa shape index (κ2) is 4.79. The minimum Gasteiger partial charge on any atom is -0.769 e. The van der Waals surface area contributed by atoms with E-state index in [9.17, 15) is 8.76 Å². The molecule has 0 heterocycles. The van der Waals surface area contributed by atoms with Crippen LogP contribution in [0.2, 0.25) is 0 Å². The van der Waals surface area contributed by atoms with E-state index < -0.39 is 11.1 Å². The van der Waals surface area contributed by atoms with Gasteiger partial charge in [0.05, 0.1) is 7.11 Å². The average Bonchev–Trinajstić information content (AvgIpc) is 2.15. The van der Waals surface area contributed by atoms with Crippen LogP contribution in [0.15, 0.2) is 29.7 Å². The van der Waals surface area contributed by atoms with E-state index in [2.05, 4.69) is 0 Å². The molecular formula is C9H9O3S-. The van der Waals surface area contributed by atoms with Crippen molar-refractivity contribution in [3.05, 3.63) is 35.2 Å². The highest BCUT2D eigenvalue weighted by Crippen LogP contribution is 2.13. The Labute approximate surface area is 79.3 Å². The van der Waals surface area contributed by atoms with Crippen LogP contribution in [0.1, 0.15) is 5.56 Å². The highest BCUT2D eigenvalue weighted by atomic mass is 32.2. The molecule has 1 atom stereocenters. The number of ether oxygens (including phenoxy) is 1. The summed E-state index contributed by atoms with van der Waals surface area (Å²) in [4.78, 5) is 0. The van der Waals surface area contributed by atoms with E-state index in [0.29, 0.717) is 5.75 Å². The van der Waals surface area contributed by atoms with Gasteiger partial charge >= 0.3 is 0 Å². The molecule has 0 amide bonds. The largest absolute Gasteiger partial charge is 0.769 e. The molecule has 0 saturated heterocycles. The summed E-state index contributed by atoms with van der Waals surface area (Å²) in [5.74, 6) is 0.707. The fraction of sp³-hybridized carbons (Fsp3) is 0.111. The molecular weight excluding hydrogens is 188 g/mol. The van der Waals surface area contributed by atoms with Crippen molar-refractivity contribution in [2.45, 2.75) is 0 Å². The van der Waals surface area contributed by atoms with Crippen molar-refractivity contribution in [3.8, 4) is 5.75 Å². The van der Waals surface area contributed by atoms with Crippen molar-refractivity contribution in [1.82, 2.24) is 0 Å². The quantitative estimate of drug-likeness (QED) is 0.691. The summed E-state index contributed by atoms with van der Waals surface area (Å²) in [7, 11) is 1.56. The number of hydrogen-bond donors (Lipinski definition) is 0.